The fourth-order valence-corrected chi connectivity index (χ4v) is 9.12. The Hall–Kier alpha value is -2.95. The molecule has 0 rings (SSSR count). The summed E-state index contributed by atoms with van der Waals surface area (Å²) in [5.74, 6) is -0.0334. The Balaban J connectivity index is 3.52. The van der Waals surface area contributed by atoms with Gasteiger partial charge in [0, 0.05) is 6.42 Å². The topological polar surface area (TPSA) is 69.6 Å². The van der Waals surface area contributed by atoms with Gasteiger partial charge in [0.05, 0.1) is 18.8 Å². The largest absolute Gasteiger partial charge is 0.394 e. The molecule has 0 aromatic rings. The normalized spacial score (nSPS) is 13.6. The quantitative estimate of drug-likeness (QED) is 0.0420. The number of carbonyl (C=O) groups excluding carboxylic acids is 1. The summed E-state index contributed by atoms with van der Waals surface area (Å²) in [6.45, 7) is 4.26. The van der Waals surface area contributed by atoms with Crippen molar-refractivity contribution in [2.45, 2.75) is 309 Å². The first-order valence-electron chi connectivity index (χ1n) is 31.1. The lowest BCUT2D eigenvalue weighted by molar-refractivity contribution is -0.123. The third-order valence-electron chi connectivity index (χ3n) is 13.8. The average Bonchev–Trinajstić information content (AvgIpc) is 3.39. The van der Waals surface area contributed by atoms with Crippen molar-refractivity contribution in [2.75, 3.05) is 6.61 Å². The van der Waals surface area contributed by atoms with Crippen LogP contribution in [-0.2, 0) is 4.79 Å². The van der Waals surface area contributed by atoms with E-state index in [-0.39, 0.29) is 12.5 Å². The summed E-state index contributed by atoms with van der Waals surface area (Å²) in [5, 5.41) is 23.4. The molecule has 0 radical (unpaired) electrons. The number of nitrogens with one attached hydrogen (secondary N) is 1. The van der Waals surface area contributed by atoms with E-state index in [0.717, 1.165) is 83.5 Å². The third-order valence-corrected chi connectivity index (χ3v) is 13.8. The van der Waals surface area contributed by atoms with Gasteiger partial charge in [-0.05, 0) is 83.5 Å². The van der Waals surface area contributed by atoms with Crippen molar-refractivity contribution in [3.63, 3.8) is 0 Å². The molecule has 0 aliphatic heterocycles. The van der Waals surface area contributed by atoms with E-state index >= 15 is 0 Å². The predicted molar refractivity (Wildman–Crippen MR) is 322 cm³/mol. The molecular weight excluding hydrogens is 879 g/mol. The second-order valence-electron chi connectivity index (χ2n) is 20.7. The summed E-state index contributed by atoms with van der Waals surface area (Å²) in [5.41, 5.74) is 0. The number of unbranched alkanes of at least 4 members (excludes halogenated alkanes) is 31. The highest BCUT2D eigenvalue weighted by Gasteiger charge is 2.20. The van der Waals surface area contributed by atoms with Crippen molar-refractivity contribution in [1.29, 1.82) is 0 Å². The van der Waals surface area contributed by atoms with Crippen LogP contribution in [-0.4, -0.2) is 34.9 Å². The summed E-state index contributed by atoms with van der Waals surface area (Å²) < 4.78 is 0. The van der Waals surface area contributed by atoms with Crippen molar-refractivity contribution in [3.8, 4) is 0 Å². The van der Waals surface area contributed by atoms with Crippen LogP contribution in [0.4, 0.5) is 0 Å². The fourth-order valence-electron chi connectivity index (χ4n) is 9.12. The van der Waals surface area contributed by atoms with Crippen molar-refractivity contribution < 1.29 is 15.0 Å². The van der Waals surface area contributed by atoms with E-state index in [2.05, 4.69) is 129 Å². The second-order valence-corrected chi connectivity index (χ2v) is 20.7. The average molecular weight is 999 g/mol. The van der Waals surface area contributed by atoms with Gasteiger partial charge in [-0.3, -0.25) is 4.79 Å². The standard InChI is InChI=1S/C68H119NO3/c1-3-5-7-9-11-13-15-17-19-21-23-24-25-26-27-28-29-30-31-32-33-34-35-36-37-38-39-40-41-42-43-44-46-48-50-52-54-56-58-60-62-64-68(72)69-66(65-70)67(71)63-61-59-57-55-53-51-49-47-45-22-20-18-16-14-12-10-8-6-4-2/h5,7,11,13,17,19,23-24,26-27,29-30,32-33,35-36,38-39,66-67,70-71H,3-4,6,8-10,12,14-16,18,20-22,25,28,31,34,37,40-65H2,1-2H3,(H,69,72)/b7-5-,13-11-,19-17-,24-23-,27-26-,30-29-,33-32-,36-35-,39-38-. The van der Waals surface area contributed by atoms with Crippen LogP contribution in [0.1, 0.15) is 296 Å². The van der Waals surface area contributed by atoms with Crippen LogP contribution in [0.3, 0.4) is 0 Å². The summed E-state index contributed by atoms with van der Waals surface area (Å²) >= 11 is 0. The molecule has 0 aliphatic carbocycles. The van der Waals surface area contributed by atoms with Gasteiger partial charge in [-0.25, -0.2) is 0 Å². The van der Waals surface area contributed by atoms with Crippen molar-refractivity contribution in [1.82, 2.24) is 5.32 Å². The van der Waals surface area contributed by atoms with Crippen LogP contribution >= 0.6 is 0 Å². The van der Waals surface area contributed by atoms with Gasteiger partial charge in [0.2, 0.25) is 5.91 Å². The maximum Gasteiger partial charge on any atom is 0.220 e. The first kappa shape index (κ1) is 69.0. The Bertz CT molecular complexity index is 1360. The second kappa shape index (κ2) is 62.3. The van der Waals surface area contributed by atoms with Gasteiger partial charge in [0.1, 0.15) is 0 Å². The Labute approximate surface area is 448 Å². The zero-order valence-electron chi connectivity index (χ0n) is 47.7. The number of rotatable bonds is 56. The lowest BCUT2D eigenvalue weighted by atomic mass is 10.0. The number of hydrogen-bond acceptors (Lipinski definition) is 3. The van der Waals surface area contributed by atoms with Gasteiger partial charge >= 0.3 is 0 Å². The molecule has 0 saturated carbocycles. The molecule has 0 aliphatic rings. The van der Waals surface area contributed by atoms with E-state index in [0.29, 0.717) is 12.8 Å². The van der Waals surface area contributed by atoms with Crippen LogP contribution < -0.4 is 5.32 Å². The number of allylic oxidation sites excluding steroid dienone is 18. The Morgan fingerprint density at radius 2 is 0.611 bits per heavy atom. The monoisotopic (exact) mass is 998 g/mol. The lowest BCUT2D eigenvalue weighted by Gasteiger charge is -2.22. The summed E-state index contributed by atoms with van der Waals surface area (Å²) in [7, 11) is 0. The van der Waals surface area contributed by atoms with Crippen LogP contribution in [0.2, 0.25) is 0 Å². The van der Waals surface area contributed by atoms with Gasteiger partial charge < -0.3 is 15.5 Å². The van der Waals surface area contributed by atoms with Gasteiger partial charge in [0.25, 0.3) is 0 Å². The van der Waals surface area contributed by atoms with E-state index in [4.69, 9.17) is 0 Å². The highest BCUT2D eigenvalue weighted by molar-refractivity contribution is 5.76. The van der Waals surface area contributed by atoms with Crippen molar-refractivity contribution >= 4 is 5.91 Å². The Kier molecular flexibility index (Phi) is 59.8. The number of carbonyl (C=O) groups is 1. The molecule has 0 spiro atoms. The predicted octanol–water partition coefficient (Wildman–Crippen LogP) is 21.0. The van der Waals surface area contributed by atoms with Gasteiger partial charge in [0.15, 0.2) is 0 Å². The SMILES string of the molecule is CC/C=C\C/C=C\C/C=C\C/C=C\C/C=C\C/C=C\C/C=C\C/C=C\C/C=C\CCCCCCCCCCCCCCCC(=O)NC(CO)C(O)CCCCCCCCCCCCCCCCCCCCC. The van der Waals surface area contributed by atoms with Gasteiger partial charge in [-0.1, -0.05) is 316 Å². The number of aliphatic hydroxyl groups excluding tert-OH is 2. The Morgan fingerprint density at radius 1 is 0.347 bits per heavy atom. The molecule has 72 heavy (non-hydrogen) atoms. The molecule has 0 aromatic carbocycles. The maximum atomic E-state index is 12.5. The maximum absolute atomic E-state index is 12.5. The minimum Gasteiger partial charge on any atom is -0.394 e. The smallest absolute Gasteiger partial charge is 0.220 e. The van der Waals surface area contributed by atoms with Crippen LogP contribution in [0.5, 0.6) is 0 Å². The van der Waals surface area contributed by atoms with Crippen LogP contribution in [0, 0.1) is 0 Å². The van der Waals surface area contributed by atoms with Gasteiger partial charge in [-0.15, -0.1) is 0 Å². The molecule has 1 amide bonds. The number of aliphatic hydroxyl groups is 2. The number of hydrogen-bond donors (Lipinski definition) is 3. The first-order chi connectivity index (χ1) is 35.7. The molecule has 2 unspecified atom stereocenters. The Morgan fingerprint density at radius 3 is 0.917 bits per heavy atom. The minimum atomic E-state index is -0.666. The summed E-state index contributed by atoms with van der Waals surface area (Å²) in [4.78, 5) is 12.5. The molecule has 4 heteroatoms. The molecule has 0 aromatic heterocycles. The first-order valence-corrected chi connectivity index (χ1v) is 31.1. The molecule has 0 fully saturated rings. The van der Waals surface area contributed by atoms with E-state index in [1.807, 2.05) is 0 Å². The highest BCUT2D eigenvalue weighted by atomic mass is 16.3. The zero-order valence-corrected chi connectivity index (χ0v) is 47.7. The zero-order chi connectivity index (χ0) is 52.0. The molecule has 414 valence electrons. The van der Waals surface area contributed by atoms with E-state index < -0.39 is 12.1 Å². The molecular formula is C68H119NO3. The van der Waals surface area contributed by atoms with Crippen molar-refractivity contribution in [3.05, 3.63) is 109 Å². The van der Waals surface area contributed by atoms with Gasteiger partial charge in [-0.2, -0.15) is 0 Å². The summed E-state index contributed by atoms with van der Waals surface area (Å²) in [6.07, 6.45) is 93.8. The lowest BCUT2D eigenvalue weighted by Crippen LogP contribution is -2.45. The summed E-state index contributed by atoms with van der Waals surface area (Å²) in [6, 6.07) is -0.543. The van der Waals surface area contributed by atoms with E-state index in [1.54, 1.807) is 0 Å². The molecule has 4 nitrogen and oxygen atoms in total. The van der Waals surface area contributed by atoms with E-state index in [9.17, 15) is 15.0 Å². The van der Waals surface area contributed by atoms with Crippen LogP contribution in [0.15, 0.2) is 109 Å². The molecule has 3 N–H and O–H groups in total. The van der Waals surface area contributed by atoms with Crippen molar-refractivity contribution in [2.24, 2.45) is 0 Å². The third kappa shape index (κ3) is 57.9. The molecule has 0 heterocycles. The number of amides is 1. The van der Waals surface area contributed by atoms with Crippen LogP contribution in [0.25, 0.3) is 0 Å². The highest BCUT2D eigenvalue weighted by Crippen LogP contribution is 2.17. The molecule has 2 atom stereocenters. The minimum absolute atomic E-state index is 0.0334. The molecule has 0 saturated heterocycles. The fraction of sp³-hybridized carbons (Fsp3) is 0.721. The van der Waals surface area contributed by atoms with E-state index in [1.165, 1.54) is 186 Å². The molecule has 0 bridgehead atoms.